The fourth-order valence-corrected chi connectivity index (χ4v) is 4.54. The van der Waals surface area contributed by atoms with Crippen molar-refractivity contribution >= 4 is 39.1 Å². The van der Waals surface area contributed by atoms with Crippen LogP contribution in [0.1, 0.15) is 48.5 Å². The van der Waals surface area contributed by atoms with Crippen LogP contribution in [0.3, 0.4) is 0 Å². The van der Waals surface area contributed by atoms with E-state index in [2.05, 4.69) is 6.92 Å². The van der Waals surface area contributed by atoms with E-state index in [1.54, 1.807) is 14.1 Å². The highest BCUT2D eigenvalue weighted by atomic mass is 32.1. The molecule has 2 amide bonds. The Balaban J connectivity index is 1.90. The molecule has 0 aromatic carbocycles. The fourth-order valence-electron chi connectivity index (χ4n) is 3.42. The Bertz CT molecular complexity index is 851. The maximum absolute atomic E-state index is 12.3. The summed E-state index contributed by atoms with van der Waals surface area (Å²) in [7, 11) is 3.44. The Morgan fingerprint density at radius 3 is 2.54 bits per heavy atom. The van der Waals surface area contributed by atoms with Crippen molar-refractivity contribution in [1.82, 2.24) is 14.8 Å². The van der Waals surface area contributed by atoms with Gasteiger partial charge in [-0.3, -0.25) is 9.59 Å². The van der Waals surface area contributed by atoms with E-state index in [1.807, 2.05) is 24.0 Å². The lowest BCUT2D eigenvalue weighted by molar-refractivity contribution is -0.132. The second kappa shape index (κ2) is 6.87. The van der Waals surface area contributed by atoms with Crippen LogP contribution in [0.5, 0.6) is 0 Å². The monoisotopic (exact) mass is 374 g/mol. The van der Waals surface area contributed by atoms with Crippen LogP contribution in [0, 0.1) is 0 Å². The molecule has 1 saturated heterocycles. The highest BCUT2D eigenvalue weighted by Crippen LogP contribution is 2.38. The summed E-state index contributed by atoms with van der Waals surface area (Å²) in [4.78, 5) is 33.9. The van der Waals surface area contributed by atoms with E-state index < -0.39 is 0 Å². The van der Waals surface area contributed by atoms with E-state index in [9.17, 15) is 9.59 Å². The third-order valence-corrected chi connectivity index (χ3v) is 6.44. The Labute approximate surface area is 158 Å². The molecule has 0 aliphatic carbocycles. The number of anilines is 1. The van der Waals surface area contributed by atoms with Gasteiger partial charge < -0.3 is 15.5 Å². The van der Waals surface area contributed by atoms with Gasteiger partial charge in [0.25, 0.3) is 5.91 Å². The summed E-state index contributed by atoms with van der Waals surface area (Å²) in [6, 6.07) is 4.00. The van der Waals surface area contributed by atoms with Gasteiger partial charge in [-0.05, 0) is 25.0 Å². The van der Waals surface area contributed by atoms with Crippen LogP contribution < -0.4 is 5.73 Å². The van der Waals surface area contributed by atoms with Crippen LogP contribution in [-0.4, -0.2) is 53.8 Å². The van der Waals surface area contributed by atoms with E-state index in [0.717, 1.165) is 41.8 Å². The lowest BCUT2D eigenvalue weighted by Gasteiger charge is -2.39. The minimum Gasteiger partial charge on any atom is -0.397 e. The van der Waals surface area contributed by atoms with Gasteiger partial charge in [-0.25, -0.2) is 4.98 Å². The van der Waals surface area contributed by atoms with Crippen molar-refractivity contribution in [1.29, 1.82) is 0 Å². The third-order valence-electron chi connectivity index (χ3n) is 5.33. The molecule has 1 aliphatic heterocycles. The van der Waals surface area contributed by atoms with E-state index >= 15 is 0 Å². The molecule has 0 atom stereocenters. The highest BCUT2D eigenvalue weighted by molar-refractivity contribution is 7.21. The zero-order chi connectivity index (χ0) is 19.1. The van der Waals surface area contributed by atoms with E-state index in [1.165, 1.54) is 16.2 Å². The smallest absolute Gasteiger partial charge is 0.265 e. The van der Waals surface area contributed by atoms with Gasteiger partial charge in [0.2, 0.25) is 5.91 Å². The Hall–Kier alpha value is -2.15. The number of piperidine rings is 1. The number of aromatic nitrogens is 1. The number of carbonyl (C=O) groups is 2. The average Bonchev–Trinajstić information content (AvgIpc) is 2.97. The molecular formula is C19H26N4O2S. The number of amides is 2. The van der Waals surface area contributed by atoms with Gasteiger partial charge >= 0.3 is 0 Å². The van der Waals surface area contributed by atoms with Crippen LogP contribution in [0.4, 0.5) is 5.69 Å². The van der Waals surface area contributed by atoms with E-state index in [-0.39, 0.29) is 17.2 Å². The van der Waals surface area contributed by atoms with Crippen LogP contribution in [-0.2, 0) is 10.2 Å². The van der Waals surface area contributed by atoms with Crippen molar-refractivity contribution in [2.75, 3.05) is 32.9 Å². The van der Waals surface area contributed by atoms with Crippen LogP contribution in [0.25, 0.3) is 10.2 Å². The van der Waals surface area contributed by atoms with Crippen molar-refractivity contribution in [2.24, 2.45) is 0 Å². The molecule has 7 heteroatoms. The van der Waals surface area contributed by atoms with Crippen molar-refractivity contribution in [3.63, 3.8) is 0 Å². The predicted molar refractivity (Wildman–Crippen MR) is 106 cm³/mol. The number of hydrogen-bond acceptors (Lipinski definition) is 5. The standard InChI is InChI=1S/C19H26N4O2S/c1-5-14(24)23-10-8-19(2,9-11-23)13-7-6-12-15(20)16(18(25)22(3)4)26-17(12)21-13/h6-7H,5,8-11,20H2,1-4H3. The molecule has 2 aromatic heterocycles. The maximum atomic E-state index is 12.3. The van der Waals surface area contributed by atoms with Crippen molar-refractivity contribution in [3.8, 4) is 0 Å². The van der Waals surface area contributed by atoms with Gasteiger partial charge in [0, 0.05) is 50.1 Å². The van der Waals surface area contributed by atoms with Crippen molar-refractivity contribution < 1.29 is 9.59 Å². The summed E-state index contributed by atoms with van der Waals surface area (Å²) in [5, 5.41) is 0.839. The molecule has 1 fully saturated rings. The third kappa shape index (κ3) is 3.16. The second-order valence-electron chi connectivity index (χ2n) is 7.39. The SMILES string of the molecule is CCC(=O)N1CCC(C)(c2ccc3c(N)c(C(=O)N(C)C)sc3n2)CC1. The Kier molecular flexibility index (Phi) is 4.92. The fraction of sp³-hybridized carbons (Fsp3) is 0.526. The molecule has 26 heavy (non-hydrogen) atoms. The topological polar surface area (TPSA) is 79.5 Å². The molecule has 3 heterocycles. The van der Waals surface area contributed by atoms with Crippen LogP contribution in [0.2, 0.25) is 0 Å². The van der Waals surface area contributed by atoms with Crippen LogP contribution in [0.15, 0.2) is 12.1 Å². The molecule has 0 unspecified atom stereocenters. The minimum absolute atomic E-state index is 0.0663. The molecule has 0 radical (unpaired) electrons. The van der Waals surface area contributed by atoms with E-state index in [0.29, 0.717) is 17.0 Å². The molecule has 0 saturated carbocycles. The molecule has 3 rings (SSSR count). The number of nitrogen functional groups attached to an aromatic ring is 1. The van der Waals surface area contributed by atoms with Gasteiger partial charge in [-0.2, -0.15) is 0 Å². The number of thiophene rings is 1. The number of fused-ring (bicyclic) bond motifs is 1. The second-order valence-corrected chi connectivity index (χ2v) is 8.39. The first kappa shape index (κ1) is 18.6. The molecule has 2 aromatic rings. The number of pyridine rings is 1. The van der Waals surface area contributed by atoms with Crippen molar-refractivity contribution in [2.45, 2.75) is 38.5 Å². The summed E-state index contributed by atoms with van der Waals surface area (Å²) in [5.74, 6) is 0.123. The van der Waals surface area contributed by atoms with Gasteiger partial charge in [0.1, 0.15) is 9.71 Å². The lowest BCUT2D eigenvalue weighted by atomic mass is 9.77. The number of nitrogens with two attached hydrogens (primary N) is 1. The number of carbonyl (C=O) groups excluding carboxylic acids is 2. The molecule has 1 aliphatic rings. The highest BCUT2D eigenvalue weighted by Gasteiger charge is 2.34. The number of likely N-dealkylation sites (tertiary alicyclic amines) is 1. The number of nitrogens with zero attached hydrogens (tertiary/aromatic N) is 3. The van der Waals surface area contributed by atoms with Crippen molar-refractivity contribution in [3.05, 3.63) is 22.7 Å². The summed E-state index contributed by atoms with van der Waals surface area (Å²) in [5.41, 5.74) is 7.64. The van der Waals surface area contributed by atoms with E-state index in [4.69, 9.17) is 10.7 Å². The molecule has 0 spiro atoms. The van der Waals surface area contributed by atoms with Crippen LogP contribution >= 0.6 is 11.3 Å². The molecule has 0 bridgehead atoms. The average molecular weight is 375 g/mol. The zero-order valence-electron chi connectivity index (χ0n) is 15.8. The van der Waals surface area contributed by atoms with Gasteiger partial charge in [0.15, 0.2) is 0 Å². The molecule has 2 N–H and O–H groups in total. The predicted octanol–water partition coefficient (Wildman–Crippen LogP) is 2.87. The molecular weight excluding hydrogens is 348 g/mol. The molecule has 140 valence electrons. The minimum atomic E-state index is -0.0929. The zero-order valence-corrected chi connectivity index (χ0v) is 16.7. The van der Waals surface area contributed by atoms with Gasteiger partial charge in [-0.1, -0.05) is 13.8 Å². The molecule has 6 nitrogen and oxygen atoms in total. The Morgan fingerprint density at radius 1 is 1.31 bits per heavy atom. The van der Waals surface area contributed by atoms with Gasteiger partial charge in [0.05, 0.1) is 5.69 Å². The summed E-state index contributed by atoms with van der Waals surface area (Å²) >= 11 is 1.35. The largest absolute Gasteiger partial charge is 0.397 e. The summed E-state index contributed by atoms with van der Waals surface area (Å²) in [6.45, 7) is 5.64. The summed E-state index contributed by atoms with van der Waals surface area (Å²) < 4.78 is 0. The first-order chi connectivity index (χ1) is 12.3. The summed E-state index contributed by atoms with van der Waals surface area (Å²) in [6.07, 6.45) is 2.33. The quantitative estimate of drug-likeness (QED) is 0.896. The number of hydrogen-bond donors (Lipinski definition) is 1. The van der Waals surface area contributed by atoms with Gasteiger partial charge in [-0.15, -0.1) is 11.3 Å². The lowest BCUT2D eigenvalue weighted by Crippen LogP contribution is -2.44. The first-order valence-corrected chi connectivity index (χ1v) is 9.77. The normalized spacial score (nSPS) is 16.7. The maximum Gasteiger partial charge on any atom is 0.265 e. The first-order valence-electron chi connectivity index (χ1n) is 8.95. The number of rotatable bonds is 3. The Morgan fingerprint density at radius 2 is 1.96 bits per heavy atom.